The fourth-order valence-corrected chi connectivity index (χ4v) is 3.14. The quantitative estimate of drug-likeness (QED) is 0.762. The van der Waals surface area contributed by atoms with Crippen molar-refractivity contribution in [2.75, 3.05) is 0 Å². The minimum Gasteiger partial charge on any atom is -0.447 e. The van der Waals surface area contributed by atoms with E-state index in [4.69, 9.17) is 4.42 Å². The number of amides is 1. The molecule has 0 radical (unpaired) electrons. The van der Waals surface area contributed by atoms with Crippen LogP contribution in [0.2, 0.25) is 0 Å². The zero-order valence-electron chi connectivity index (χ0n) is 13.7. The van der Waals surface area contributed by atoms with Crippen LogP contribution in [0.25, 0.3) is 11.3 Å². The minimum atomic E-state index is -0.249. The van der Waals surface area contributed by atoms with Crippen molar-refractivity contribution in [2.45, 2.75) is 32.7 Å². The molecule has 0 aliphatic carbocycles. The molecule has 3 rings (SSSR count). The van der Waals surface area contributed by atoms with Gasteiger partial charge in [-0.2, -0.15) is 0 Å². The zero-order valence-corrected chi connectivity index (χ0v) is 14.5. The highest BCUT2D eigenvalue weighted by molar-refractivity contribution is 7.10. The van der Waals surface area contributed by atoms with Crippen molar-refractivity contribution in [1.82, 2.24) is 20.3 Å². The Morgan fingerprint density at radius 3 is 2.71 bits per heavy atom. The van der Waals surface area contributed by atoms with Crippen LogP contribution in [-0.2, 0) is 0 Å². The number of oxazole rings is 1. The monoisotopic (exact) mass is 342 g/mol. The third-order valence-corrected chi connectivity index (χ3v) is 4.58. The lowest BCUT2D eigenvalue weighted by Gasteiger charge is -2.11. The predicted molar refractivity (Wildman–Crippen MR) is 91.8 cm³/mol. The number of aromatic nitrogens is 3. The van der Waals surface area contributed by atoms with Gasteiger partial charge in [0.05, 0.1) is 11.7 Å². The summed E-state index contributed by atoms with van der Waals surface area (Å²) < 4.78 is 5.31. The van der Waals surface area contributed by atoms with Crippen LogP contribution in [0.1, 0.15) is 54.0 Å². The van der Waals surface area contributed by atoms with Crippen LogP contribution < -0.4 is 5.32 Å². The molecule has 3 aromatic heterocycles. The molecule has 6 nitrogen and oxygen atoms in total. The molecule has 0 aliphatic heterocycles. The fraction of sp³-hybridized carbons (Fsp3) is 0.294. The molecule has 24 heavy (non-hydrogen) atoms. The highest BCUT2D eigenvalue weighted by Gasteiger charge is 2.22. The first-order valence-corrected chi connectivity index (χ1v) is 8.54. The molecule has 1 atom stereocenters. The Balaban J connectivity index is 1.73. The number of nitrogens with one attached hydrogen (secondary N) is 1. The lowest BCUT2D eigenvalue weighted by atomic mass is 10.1. The van der Waals surface area contributed by atoms with Crippen molar-refractivity contribution < 1.29 is 9.21 Å². The maximum atomic E-state index is 12.4. The van der Waals surface area contributed by atoms with Crippen LogP contribution in [0.5, 0.6) is 0 Å². The summed E-state index contributed by atoms with van der Waals surface area (Å²) in [5.74, 6) is 0.443. The van der Waals surface area contributed by atoms with Gasteiger partial charge < -0.3 is 9.73 Å². The summed E-state index contributed by atoms with van der Waals surface area (Å²) in [5.41, 5.74) is 2.22. The normalized spacial score (nSPS) is 12.3. The molecule has 1 amide bonds. The Labute approximate surface area is 144 Å². The lowest BCUT2D eigenvalue weighted by Crippen LogP contribution is -2.27. The Hall–Kier alpha value is -2.54. The van der Waals surface area contributed by atoms with E-state index < -0.39 is 0 Å². The first-order valence-electron chi connectivity index (χ1n) is 7.66. The van der Waals surface area contributed by atoms with Gasteiger partial charge in [-0.05, 0) is 19.1 Å². The summed E-state index contributed by atoms with van der Waals surface area (Å²) in [5, 5.41) is 5.75. The van der Waals surface area contributed by atoms with E-state index >= 15 is 0 Å². The van der Waals surface area contributed by atoms with E-state index in [0.717, 1.165) is 16.3 Å². The van der Waals surface area contributed by atoms with E-state index in [-0.39, 0.29) is 17.9 Å². The second-order valence-electron chi connectivity index (χ2n) is 5.72. The highest BCUT2D eigenvalue weighted by Crippen LogP contribution is 2.25. The van der Waals surface area contributed by atoms with Gasteiger partial charge >= 0.3 is 0 Å². The molecule has 3 aromatic rings. The van der Waals surface area contributed by atoms with Gasteiger partial charge in [-0.25, -0.2) is 9.97 Å². The Morgan fingerprint density at radius 1 is 1.25 bits per heavy atom. The first-order chi connectivity index (χ1) is 11.6. The molecule has 0 bridgehead atoms. The van der Waals surface area contributed by atoms with Crippen LogP contribution in [0.4, 0.5) is 0 Å². The van der Waals surface area contributed by atoms with E-state index in [1.165, 1.54) is 17.7 Å². The van der Waals surface area contributed by atoms with Crippen LogP contribution in [0, 0.1) is 0 Å². The summed E-state index contributed by atoms with van der Waals surface area (Å²) in [6, 6.07) is 3.61. The van der Waals surface area contributed by atoms with E-state index in [1.54, 1.807) is 12.4 Å². The summed E-state index contributed by atoms with van der Waals surface area (Å²) in [7, 11) is 0. The third-order valence-electron chi connectivity index (χ3n) is 3.55. The first kappa shape index (κ1) is 16.3. The topological polar surface area (TPSA) is 80.9 Å². The van der Waals surface area contributed by atoms with Crippen LogP contribution in [0.15, 0.2) is 40.7 Å². The molecule has 0 aromatic carbocycles. The predicted octanol–water partition coefficient (Wildman–Crippen LogP) is 3.81. The van der Waals surface area contributed by atoms with Gasteiger partial charge in [-0.15, -0.1) is 11.3 Å². The summed E-state index contributed by atoms with van der Waals surface area (Å²) >= 11 is 1.51. The van der Waals surface area contributed by atoms with Gasteiger partial charge in [0, 0.05) is 29.3 Å². The lowest BCUT2D eigenvalue weighted by molar-refractivity contribution is 0.0933. The van der Waals surface area contributed by atoms with Crippen molar-refractivity contribution in [3.63, 3.8) is 0 Å². The minimum absolute atomic E-state index is 0.0988. The summed E-state index contributed by atoms with van der Waals surface area (Å²) in [4.78, 5) is 25.1. The van der Waals surface area contributed by atoms with Gasteiger partial charge in [0.1, 0.15) is 10.8 Å². The summed E-state index contributed by atoms with van der Waals surface area (Å²) in [6.45, 7) is 5.83. The van der Waals surface area contributed by atoms with Crippen LogP contribution in [0.3, 0.4) is 0 Å². The van der Waals surface area contributed by atoms with Crippen molar-refractivity contribution in [1.29, 1.82) is 0 Å². The number of carbonyl (C=O) groups excluding carboxylic acids is 1. The number of hydrogen-bond donors (Lipinski definition) is 1. The molecule has 0 saturated carbocycles. The Morgan fingerprint density at radius 2 is 2.00 bits per heavy atom. The smallest absolute Gasteiger partial charge is 0.274 e. The van der Waals surface area contributed by atoms with Gasteiger partial charge in [-0.3, -0.25) is 9.78 Å². The largest absolute Gasteiger partial charge is 0.447 e. The highest BCUT2D eigenvalue weighted by atomic mass is 32.1. The standard InChI is InChI=1S/C17H18N4O2S/c1-10(2)15-14(19-9-23-15)16(22)20-11(3)17-21-13(8-24-17)12-4-6-18-7-5-12/h4-11H,1-3H3,(H,20,22)/t11-/m1/s1. The van der Waals surface area contributed by atoms with Gasteiger partial charge in [0.2, 0.25) is 0 Å². The maximum Gasteiger partial charge on any atom is 0.274 e. The third kappa shape index (κ3) is 3.35. The molecule has 0 spiro atoms. The van der Waals surface area contributed by atoms with Gasteiger partial charge in [-0.1, -0.05) is 13.8 Å². The molecule has 0 saturated heterocycles. The Kier molecular flexibility index (Phi) is 4.71. The maximum absolute atomic E-state index is 12.4. The second-order valence-corrected chi connectivity index (χ2v) is 6.61. The van der Waals surface area contributed by atoms with E-state index in [0.29, 0.717) is 11.5 Å². The van der Waals surface area contributed by atoms with Crippen molar-refractivity contribution in [3.05, 3.63) is 52.8 Å². The van der Waals surface area contributed by atoms with Gasteiger partial charge in [0.25, 0.3) is 5.91 Å². The van der Waals surface area contributed by atoms with Crippen LogP contribution in [-0.4, -0.2) is 20.9 Å². The van der Waals surface area contributed by atoms with Crippen molar-refractivity contribution >= 4 is 17.2 Å². The second kappa shape index (κ2) is 6.92. The molecule has 3 heterocycles. The van der Waals surface area contributed by atoms with Gasteiger partial charge in [0.15, 0.2) is 12.1 Å². The molecular weight excluding hydrogens is 324 g/mol. The van der Waals surface area contributed by atoms with Crippen molar-refractivity contribution in [2.24, 2.45) is 0 Å². The van der Waals surface area contributed by atoms with Crippen LogP contribution >= 0.6 is 11.3 Å². The molecular formula is C17H18N4O2S. The zero-order chi connectivity index (χ0) is 17.1. The average Bonchev–Trinajstić information content (AvgIpc) is 3.25. The average molecular weight is 342 g/mol. The number of pyridine rings is 1. The summed E-state index contributed by atoms with van der Waals surface area (Å²) in [6.07, 6.45) is 4.77. The molecule has 7 heteroatoms. The molecule has 0 aliphatic rings. The fourth-order valence-electron chi connectivity index (χ4n) is 2.30. The van der Waals surface area contributed by atoms with E-state index in [9.17, 15) is 4.79 Å². The molecule has 124 valence electrons. The number of nitrogens with zero attached hydrogens (tertiary/aromatic N) is 3. The number of rotatable bonds is 5. The molecule has 1 N–H and O–H groups in total. The van der Waals surface area contributed by atoms with Crippen molar-refractivity contribution in [3.8, 4) is 11.3 Å². The molecule has 0 fully saturated rings. The SMILES string of the molecule is CC(C)c1ocnc1C(=O)N[C@H](C)c1nc(-c2ccncc2)cs1. The Bertz CT molecular complexity index is 826. The van der Waals surface area contributed by atoms with E-state index in [1.807, 2.05) is 38.3 Å². The number of carbonyl (C=O) groups is 1. The number of thiazole rings is 1. The number of hydrogen-bond acceptors (Lipinski definition) is 6. The molecule has 0 unspecified atom stereocenters. The van der Waals surface area contributed by atoms with E-state index in [2.05, 4.69) is 20.3 Å².